The van der Waals surface area contributed by atoms with Crippen molar-refractivity contribution >= 4 is 39.8 Å². The monoisotopic (exact) mass is 365 g/mol. The second-order valence-electron chi connectivity index (χ2n) is 6.56. The third-order valence-corrected chi connectivity index (χ3v) is 4.95. The number of pyridine rings is 1. The van der Waals surface area contributed by atoms with Crippen LogP contribution in [-0.4, -0.2) is 24.0 Å². The van der Waals surface area contributed by atoms with Crippen molar-refractivity contribution in [2.45, 2.75) is 19.3 Å². The van der Waals surface area contributed by atoms with E-state index in [1.165, 1.54) is 19.3 Å². The number of halogens is 1. The van der Waals surface area contributed by atoms with Crippen molar-refractivity contribution in [1.29, 1.82) is 0 Å². The van der Waals surface area contributed by atoms with Crippen LogP contribution in [0.1, 0.15) is 29.6 Å². The highest BCUT2D eigenvalue weighted by Gasteiger charge is 2.14. The highest BCUT2D eigenvalue weighted by molar-refractivity contribution is 6.30. The zero-order chi connectivity index (χ0) is 17.9. The molecule has 0 unspecified atom stereocenters. The Labute approximate surface area is 157 Å². The number of hydrogen-bond acceptors (Lipinski definition) is 3. The van der Waals surface area contributed by atoms with Gasteiger partial charge in [0.25, 0.3) is 5.91 Å². The summed E-state index contributed by atoms with van der Waals surface area (Å²) in [5.74, 6) is -0.179. The maximum atomic E-state index is 12.9. The summed E-state index contributed by atoms with van der Waals surface area (Å²) >= 11 is 6.10. The van der Waals surface area contributed by atoms with Gasteiger partial charge in [0, 0.05) is 29.9 Å². The number of rotatable bonds is 3. The van der Waals surface area contributed by atoms with Gasteiger partial charge in [-0.3, -0.25) is 4.79 Å². The molecule has 4 rings (SSSR count). The lowest BCUT2D eigenvalue weighted by Gasteiger charge is -2.29. The summed E-state index contributed by atoms with van der Waals surface area (Å²) in [6, 6.07) is 17.2. The molecule has 0 spiro atoms. The average molecular weight is 366 g/mol. The maximum absolute atomic E-state index is 12.9. The Morgan fingerprint density at radius 3 is 2.65 bits per heavy atom. The predicted octanol–water partition coefficient (Wildman–Crippen LogP) is 5.13. The van der Waals surface area contributed by atoms with Gasteiger partial charge in [-0.15, -0.1) is 0 Å². The number of para-hydroxylation sites is 1. The van der Waals surface area contributed by atoms with Crippen molar-refractivity contribution in [3.63, 3.8) is 0 Å². The van der Waals surface area contributed by atoms with Crippen LogP contribution in [-0.2, 0) is 0 Å². The number of benzene rings is 2. The standard InChI is InChI=1S/C21H20ClN3O/c22-20-14-18(17-9-2-3-10-19(17)24-20)21(26)23-15-7-6-8-16(13-15)25-11-4-1-5-12-25/h2-3,6-10,13-14H,1,4-5,11-12H2,(H,23,26). The highest BCUT2D eigenvalue weighted by atomic mass is 35.5. The number of fused-ring (bicyclic) bond motifs is 1. The lowest BCUT2D eigenvalue weighted by atomic mass is 10.1. The molecular weight excluding hydrogens is 346 g/mol. The molecule has 1 aromatic heterocycles. The van der Waals surface area contributed by atoms with Gasteiger partial charge in [-0.05, 0) is 49.6 Å². The summed E-state index contributed by atoms with van der Waals surface area (Å²) in [5, 5.41) is 4.11. The van der Waals surface area contributed by atoms with Crippen molar-refractivity contribution in [1.82, 2.24) is 4.98 Å². The van der Waals surface area contributed by atoms with Gasteiger partial charge in [-0.25, -0.2) is 4.98 Å². The molecule has 1 amide bonds. The van der Waals surface area contributed by atoms with Crippen molar-refractivity contribution in [3.05, 3.63) is 65.3 Å². The second kappa shape index (κ2) is 7.34. The van der Waals surface area contributed by atoms with E-state index in [1.54, 1.807) is 6.07 Å². The van der Waals surface area contributed by atoms with Gasteiger partial charge in [0.2, 0.25) is 0 Å². The fraction of sp³-hybridized carbons (Fsp3) is 0.238. The zero-order valence-electron chi connectivity index (χ0n) is 14.4. The number of amides is 1. The van der Waals surface area contributed by atoms with Crippen LogP contribution in [0.2, 0.25) is 5.15 Å². The number of nitrogens with zero attached hydrogens (tertiary/aromatic N) is 2. The van der Waals surface area contributed by atoms with E-state index in [0.29, 0.717) is 16.2 Å². The number of anilines is 2. The number of carbonyl (C=O) groups excluding carboxylic acids is 1. The molecule has 3 aromatic rings. The summed E-state index contributed by atoms with van der Waals surface area (Å²) in [7, 11) is 0. The molecule has 0 atom stereocenters. The summed E-state index contributed by atoms with van der Waals surface area (Å²) in [5.41, 5.74) is 3.19. The van der Waals surface area contributed by atoms with E-state index in [4.69, 9.17) is 11.6 Å². The zero-order valence-corrected chi connectivity index (χ0v) is 15.2. The fourth-order valence-electron chi connectivity index (χ4n) is 3.46. The summed E-state index contributed by atoms with van der Waals surface area (Å²) in [4.78, 5) is 19.5. The van der Waals surface area contributed by atoms with Crippen molar-refractivity contribution < 1.29 is 4.79 Å². The van der Waals surface area contributed by atoms with Gasteiger partial charge in [-0.1, -0.05) is 35.9 Å². The summed E-state index contributed by atoms with van der Waals surface area (Å²) in [6.07, 6.45) is 3.74. The first-order valence-corrected chi connectivity index (χ1v) is 9.30. The predicted molar refractivity (Wildman–Crippen MR) is 107 cm³/mol. The number of carbonyl (C=O) groups is 1. The van der Waals surface area contributed by atoms with Crippen LogP contribution in [0.15, 0.2) is 54.6 Å². The third-order valence-electron chi connectivity index (χ3n) is 4.75. The van der Waals surface area contributed by atoms with Gasteiger partial charge in [0.05, 0.1) is 11.1 Å². The van der Waals surface area contributed by atoms with E-state index in [2.05, 4.69) is 21.3 Å². The van der Waals surface area contributed by atoms with Gasteiger partial charge in [0.15, 0.2) is 0 Å². The molecule has 1 aliphatic heterocycles. The molecule has 0 radical (unpaired) electrons. The van der Waals surface area contributed by atoms with E-state index in [0.717, 1.165) is 29.9 Å². The molecule has 2 aromatic carbocycles. The number of aromatic nitrogens is 1. The van der Waals surface area contributed by atoms with Crippen LogP contribution in [0.25, 0.3) is 10.9 Å². The molecule has 4 nitrogen and oxygen atoms in total. The van der Waals surface area contributed by atoms with Crippen molar-refractivity contribution in [2.24, 2.45) is 0 Å². The van der Waals surface area contributed by atoms with Crippen LogP contribution in [0, 0.1) is 0 Å². The molecule has 1 fully saturated rings. The minimum absolute atomic E-state index is 0.179. The maximum Gasteiger partial charge on any atom is 0.256 e. The molecule has 0 bridgehead atoms. The molecular formula is C21H20ClN3O. The van der Waals surface area contributed by atoms with E-state index in [9.17, 15) is 4.79 Å². The molecule has 2 heterocycles. The third kappa shape index (κ3) is 3.51. The molecule has 26 heavy (non-hydrogen) atoms. The largest absolute Gasteiger partial charge is 0.371 e. The summed E-state index contributed by atoms with van der Waals surface area (Å²) < 4.78 is 0. The minimum Gasteiger partial charge on any atom is -0.371 e. The smallest absolute Gasteiger partial charge is 0.256 e. The number of hydrogen-bond donors (Lipinski definition) is 1. The van der Waals surface area contributed by atoms with Gasteiger partial charge in [-0.2, -0.15) is 0 Å². The lowest BCUT2D eigenvalue weighted by Crippen LogP contribution is -2.29. The first-order valence-electron chi connectivity index (χ1n) is 8.92. The normalized spacial score (nSPS) is 14.4. The van der Waals surface area contributed by atoms with Crippen LogP contribution in [0.4, 0.5) is 11.4 Å². The number of nitrogens with one attached hydrogen (secondary N) is 1. The minimum atomic E-state index is -0.179. The van der Waals surface area contributed by atoms with E-state index in [-0.39, 0.29) is 5.91 Å². The lowest BCUT2D eigenvalue weighted by molar-refractivity contribution is 0.102. The molecule has 0 saturated carbocycles. The first kappa shape index (κ1) is 16.9. The Bertz CT molecular complexity index is 951. The van der Waals surface area contributed by atoms with E-state index >= 15 is 0 Å². The van der Waals surface area contributed by atoms with Gasteiger partial charge in [0.1, 0.15) is 5.15 Å². The second-order valence-corrected chi connectivity index (χ2v) is 6.95. The van der Waals surface area contributed by atoms with E-state index < -0.39 is 0 Å². The molecule has 0 aliphatic carbocycles. The number of piperidine rings is 1. The molecule has 1 saturated heterocycles. The van der Waals surface area contributed by atoms with Crippen molar-refractivity contribution in [3.8, 4) is 0 Å². The quantitative estimate of drug-likeness (QED) is 0.654. The topological polar surface area (TPSA) is 45.2 Å². The molecule has 1 aliphatic rings. The van der Waals surface area contributed by atoms with Crippen LogP contribution in [0.5, 0.6) is 0 Å². The molecule has 132 valence electrons. The van der Waals surface area contributed by atoms with Crippen molar-refractivity contribution in [2.75, 3.05) is 23.3 Å². The summed E-state index contributed by atoms with van der Waals surface area (Å²) in [6.45, 7) is 2.14. The Hall–Kier alpha value is -2.59. The molecule has 5 heteroatoms. The Kier molecular flexibility index (Phi) is 4.76. The highest BCUT2D eigenvalue weighted by Crippen LogP contribution is 2.25. The Balaban J connectivity index is 1.61. The average Bonchev–Trinajstić information content (AvgIpc) is 2.68. The first-order chi connectivity index (χ1) is 12.7. The Morgan fingerprint density at radius 1 is 1.00 bits per heavy atom. The van der Waals surface area contributed by atoms with Crippen LogP contribution >= 0.6 is 11.6 Å². The fourth-order valence-corrected chi connectivity index (χ4v) is 3.66. The Morgan fingerprint density at radius 2 is 1.81 bits per heavy atom. The van der Waals surface area contributed by atoms with Crippen LogP contribution in [0.3, 0.4) is 0 Å². The van der Waals surface area contributed by atoms with Crippen LogP contribution < -0.4 is 10.2 Å². The van der Waals surface area contributed by atoms with Gasteiger partial charge >= 0.3 is 0 Å². The van der Waals surface area contributed by atoms with Gasteiger partial charge < -0.3 is 10.2 Å². The SMILES string of the molecule is O=C(Nc1cccc(N2CCCCC2)c1)c1cc(Cl)nc2ccccc12. The molecule has 1 N–H and O–H groups in total. The van der Waals surface area contributed by atoms with E-state index in [1.807, 2.05) is 42.5 Å².